The number of hydrogen-bond acceptors (Lipinski definition) is 3. The summed E-state index contributed by atoms with van der Waals surface area (Å²) in [7, 11) is 0. The molecule has 0 amide bonds. The van der Waals surface area contributed by atoms with Gasteiger partial charge in [-0.1, -0.05) is 73.3 Å². The van der Waals surface area contributed by atoms with E-state index in [2.05, 4.69) is 6.58 Å². The van der Waals surface area contributed by atoms with Crippen LogP contribution in [0, 0.1) is 0 Å². The smallest absolute Gasteiger partial charge is 0.338 e. The lowest BCUT2D eigenvalue weighted by Crippen LogP contribution is -2.06. The predicted molar refractivity (Wildman–Crippen MR) is 99.0 cm³/mol. The first-order valence-electron chi connectivity index (χ1n) is 8.04. The van der Waals surface area contributed by atoms with Crippen LogP contribution in [0.25, 0.3) is 27.5 Å². The van der Waals surface area contributed by atoms with Crippen LogP contribution in [0.1, 0.15) is 11.1 Å². The van der Waals surface area contributed by atoms with E-state index in [1.165, 1.54) is 0 Å². The molecule has 25 heavy (non-hydrogen) atoms. The van der Waals surface area contributed by atoms with Crippen LogP contribution in [0.2, 0.25) is 0 Å². The van der Waals surface area contributed by atoms with Gasteiger partial charge in [0.05, 0.1) is 5.57 Å². The number of benzene rings is 3. The normalized spacial score (nSPS) is 10.9. The fourth-order valence-corrected chi connectivity index (χ4v) is 2.91. The second-order valence-corrected chi connectivity index (χ2v) is 5.82. The van der Waals surface area contributed by atoms with E-state index in [4.69, 9.17) is 9.15 Å². The maximum Gasteiger partial charge on any atom is 0.338 e. The summed E-state index contributed by atoms with van der Waals surface area (Å²) in [6.07, 6.45) is 0. The number of carbonyl (C=O) groups is 1. The van der Waals surface area contributed by atoms with Crippen molar-refractivity contribution in [2.24, 2.45) is 0 Å². The number of furan rings is 1. The van der Waals surface area contributed by atoms with Crippen molar-refractivity contribution in [3.05, 3.63) is 90.5 Å². The van der Waals surface area contributed by atoms with Gasteiger partial charge in [-0.05, 0) is 11.6 Å². The van der Waals surface area contributed by atoms with Crippen molar-refractivity contribution in [2.45, 2.75) is 6.61 Å². The number of rotatable bonds is 4. The van der Waals surface area contributed by atoms with Gasteiger partial charge in [-0.3, -0.25) is 0 Å². The standard InChI is InChI=1S/C22H16O3/c1-15(22(23)24-14-16-8-3-2-4-9-16)17-11-7-12-19-18-10-5-6-13-20(18)25-21(17)19/h2-13H,1,14H2. The highest BCUT2D eigenvalue weighted by molar-refractivity contribution is 6.20. The minimum absolute atomic E-state index is 0.217. The molecule has 0 spiro atoms. The molecule has 0 N–H and O–H groups in total. The number of carbonyl (C=O) groups excluding carboxylic acids is 1. The molecule has 3 nitrogen and oxygen atoms in total. The summed E-state index contributed by atoms with van der Waals surface area (Å²) >= 11 is 0. The zero-order chi connectivity index (χ0) is 17.2. The van der Waals surface area contributed by atoms with Crippen molar-refractivity contribution in [3.8, 4) is 0 Å². The van der Waals surface area contributed by atoms with Gasteiger partial charge in [-0.15, -0.1) is 0 Å². The molecule has 0 aliphatic heterocycles. The first kappa shape index (κ1) is 15.2. The number of esters is 1. The number of hydrogen-bond donors (Lipinski definition) is 0. The Morgan fingerprint density at radius 3 is 2.44 bits per heavy atom. The molecule has 0 saturated carbocycles. The van der Waals surface area contributed by atoms with Crippen molar-refractivity contribution >= 4 is 33.5 Å². The Balaban J connectivity index is 1.64. The molecule has 0 atom stereocenters. The number of fused-ring (bicyclic) bond motifs is 3. The Hall–Kier alpha value is -3.33. The van der Waals surface area contributed by atoms with Crippen LogP contribution in [0.5, 0.6) is 0 Å². The average molecular weight is 328 g/mol. The van der Waals surface area contributed by atoms with Crippen LogP contribution in [0.4, 0.5) is 0 Å². The molecule has 1 aromatic heterocycles. The Kier molecular flexibility index (Phi) is 3.82. The van der Waals surface area contributed by atoms with E-state index in [-0.39, 0.29) is 6.61 Å². The molecule has 122 valence electrons. The predicted octanol–water partition coefficient (Wildman–Crippen LogP) is 5.34. The zero-order valence-electron chi connectivity index (χ0n) is 13.6. The highest BCUT2D eigenvalue weighted by Gasteiger charge is 2.17. The largest absolute Gasteiger partial charge is 0.457 e. The first-order chi connectivity index (χ1) is 12.2. The van der Waals surface area contributed by atoms with Gasteiger partial charge in [0.2, 0.25) is 0 Å². The van der Waals surface area contributed by atoms with E-state index < -0.39 is 5.97 Å². The highest BCUT2D eigenvalue weighted by Crippen LogP contribution is 2.33. The molecule has 0 fully saturated rings. The molecule has 3 heteroatoms. The van der Waals surface area contributed by atoms with Gasteiger partial charge >= 0.3 is 5.97 Å². The van der Waals surface area contributed by atoms with Crippen LogP contribution < -0.4 is 0 Å². The van der Waals surface area contributed by atoms with Crippen molar-refractivity contribution in [1.29, 1.82) is 0 Å². The summed E-state index contributed by atoms with van der Waals surface area (Å²) in [5.74, 6) is -0.447. The summed E-state index contributed by atoms with van der Waals surface area (Å²) < 4.78 is 11.3. The molecule has 4 aromatic rings. The van der Waals surface area contributed by atoms with E-state index in [1.54, 1.807) is 0 Å². The lowest BCUT2D eigenvalue weighted by atomic mass is 10.0. The van der Waals surface area contributed by atoms with Gasteiger partial charge in [0.25, 0.3) is 0 Å². The fraction of sp³-hybridized carbons (Fsp3) is 0.0455. The van der Waals surface area contributed by atoms with E-state index in [9.17, 15) is 4.79 Å². The Labute approximate surface area is 145 Å². The monoisotopic (exact) mass is 328 g/mol. The maximum absolute atomic E-state index is 12.4. The molecule has 1 heterocycles. The van der Waals surface area contributed by atoms with Crippen LogP contribution in [0.15, 0.2) is 83.8 Å². The molecule has 0 radical (unpaired) electrons. The SMILES string of the molecule is C=C(C(=O)OCc1ccccc1)c1cccc2c1oc1ccccc12. The van der Waals surface area contributed by atoms with Gasteiger partial charge in [-0.25, -0.2) is 4.79 Å². The maximum atomic E-state index is 12.4. The van der Waals surface area contributed by atoms with Gasteiger partial charge in [-0.2, -0.15) is 0 Å². The Bertz CT molecular complexity index is 1070. The highest BCUT2D eigenvalue weighted by atomic mass is 16.5. The van der Waals surface area contributed by atoms with Crippen molar-refractivity contribution in [2.75, 3.05) is 0 Å². The van der Waals surface area contributed by atoms with Gasteiger partial charge < -0.3 is 9.15 Å². The van der Waals surface area contributed by atoms with Crippen LogP contribution in [-0.2, 0) is 16.1 Å². The summed E-state index contributed by atoms with van der Waals surface area (Å²) in [6, 6.07) is 23.1. The second-order valence-electron chi connectivity index (χ2n) is 5.82. The Morgan fingerprint density at radius 2 is 1.60 bits per heavy atom. The molecule has 3 aromatic carbocycles. The van der Waals surface area contributed by atoms with Crippen molar-refractivity contribution in [1.82, 2.24) is 0 Å². The molecule has 0 unspecified atom stereocenters. The van der Waals surface area contributed by atoms with Crippen LogP contribution in [-0.4, -0.2) is 5.97 Å². The molecular formula is C22H16O3. The summed E-state index contributed by atoms with van der Waals surface area (Å²) in [6.45, 7) is 4.14. The fourth-order valence-electron chi connectivity index (χ4n) is 2.91. The van der Waals surface area contributed by atoms with Crippen LogP contribution in [0.3, 0.4) is 0 Å². The van der Waals surface area contributed by atoms with Gasteiger partial charge in [0.15, 0.2) is 0 Å². The summed E-state index contributed by atoms with van der Waals surface area (Å²) in [5, 5.41) is 1.98. The van der Waals surface area contributed by atoms with Gasteiger partial charge in [0, 0.05) is 16.3 Å². The molecule has 0 aliphatic carbocycles. The minimum atomic E-state index is -0.447. The topological polar surface area (TPSA) is 39.4 Å². The molecule has 0 aliphatic rings. The summed E-state index contributed by atoms with van der Waals surface area (Å²) in [4.78, 5) is 12.4. The van der Waals surface area contributed by atoms with E-state index in [0.29, 0.717) is 16.7 Å². The lowest BCUT2D eigenvalue weighted by Gasteiger charge is -2.08. The van der Waals surface area contributed by atoms with Gasteiger partial charge in [0.1, 0.15) is 17.8 Å². The average Bonchev–Trinajstić information content (AvgIpc) is 3.05. The molecular weight excluding hydrogens is 312 g/mol. The van der Waals surface area contributed by atoms with Crippen molar-refractivity contribution in [3.63, 3.8) is 0 Å². The van der Waals surface area contributed by atoms with E-state index in [0.717, 1.165) is 21.9 Å². The lowest BCUT2D eigenvalue weighted by molar-refractivity contribution is -0.137. The quantitative estimate of drug-likeness (QED) is 0.375. The number of ether oxygens (including phenoxy) is 1. The van der Waals surface area contributed by atoms with E-state index >= 15 is 0 Å². The molecule has 4 rings (SSSR count). The third kappa shape index (κ3) is 2.81. The minimum Gasteiger partial charge on any atom is -0.457 e. The van der Waals surface area contributed by atoms with Crippen LogP contribution >= 0.6 is 0 Å². The van der Waals surface area contributed by atoms with Crippen molar-refractivity contribution < 1.29 is 13.9 Å². The molecule has 0 bridgehead atoms. The summed E-state index contributed by atoms with van der Waals surface area (Å²) in [5.41, 5.74) is 3.33. The Morgan fingerprint density at radius 1 is 0.880 bits per heavy atom. The molecule has 0 saturated heterocycles. The van der Waals surface area contributed by atoms with E-state index in [1.807, 2.05) is 72.8 Å². The first-order valence-corrected chi connectivity index (χ1v) is 8.04. The third-order valence-electron chi connectivity index (χ3n) is 4.19. The third-order valence-corrected chi connectivity index (χ3v) is 4.19. The second kappa shape index (κ2) is 6.29. The zero-order valence-corrected chi connectivity index (χ0v) is 13.6. The number of para-hydroxylation sites is 2.